The molecule has 234 valence electrons. The molecule has 1 unspecified atom stereocenters. The number of benzene rings is 3. The van der Waals surface area contributed by atoms with Crippen LogP contribution in [-0.4, -0.2) is 55.8 Å². The number of amides is 1. The molecule has 7 heteroatoms. The van der Waals surface area contributed by atoms with E-state index in [-0.39, 0.29) is 17.9 Å². The third kappa shape index (κ3) is 6.74. The second kappa shape index (κ2) is 13.4. The Labute approximate surface area is 267 Å². The Morgan fingerprint density at radius 2 is 1.53 bits per heavy atom. The molecular weight excluding hydrogens is 556 g/mol. The summed E-state index contributed by atoms with van der Waals surface area (Å²) >= 11 is 0. The Balaban J connectivity index is 1.15. The molecule has 2 aromatic heterocycles. The lowest BCUT2D eigenvalue weighted by Gasteiger charge is -2.27. The number of nitrogens with one attached hydrogen (secondary N) is 2. The van der Waals surface area contributed by atoms with Crippen molar-refractivity contribution in [1.82, 2.24) is 29.7 Å². The summed E-state index contributed by atoms with van der Waals surface area (Å²) in [6, 6.07) is 21.9. The van der Waals surface area contributed by atoms with Crippen LogP contribution in [0.2, 0.25) is 0 Å². The number of imidazole rings is 2. The molecule has 45 heavy (non-hydrogen) atoms. The number of rotatable bonds is 11. The van der Waals surface area contributed by atoms with Gasteiger partial charge in [0.25, 0.3) is 0 Å². The number of carbonyl (C=O) groups is 1. The van der Waals surface area contributed by atoms with Crippen LogP contribution in [0.1, 0.15) is 71.1 Å². The lowest BCUT2D eigenvalue weighted by molar-refractivity contribution is -0.137. The molecule has 2 N–H and O–H groups in total. The smallest absolute Gasteiger partial charge is 0.226 e. The molecule has 2 atom stereocenters. The van der Waals surface area contributed by atoms with Crippen molar-refractivity contribution in [1.29, 1.82) is 0 Å². The first-order valence-corrected chi connectivity index (χ1v) is 16.5. The molecular formula is C38H46N6O. The molecule has 0 spiro atoms. The zero-order valence-electron chi connectivity index (χ0n) is 27.3. The van der Waals surface area contributed by atoms with Crippen LogP contribution in [0.5, 0.6) is 0 Å². The van der Waals surface area contributed by atoms with Gasteiger partial charge in [0.2, 0.25) is 5.91 Å². The van der Waals surface area contributed by atoms with Crippen molar-refractivity contribution < 1.29 is 4.79 Å². The molecule has 3 aromatic carbocycles. The van der Waals surface area contributed by atoms with Crippen molar-refractivity contribution in [3.05, 3.63) is 84.7 Å². The summed E-state index contributed by atoms with van der Waals surface area (Å²) in [5, 5.41) is 2.38. The van der Waals surface area contributed by atoms with Gasteiger partial charge in [-0.25, -0.2) is 9.97 Å². The summed E-state index contributed by atoms with van der Waals surface area (Å²) in [6.07, 6.45) is 8.21. The quantitative estimate of drug-likeness (QED) is 0.159. The third-order valence-corrected chi connectivity index (χ3v) is 9.46. The van der Waals surface area contributed by atoms with Gasteiger partial charge in [-0.3, -0.25) is 9.69 Å². The van der Waals surface area contributed by atoms with E-state index in [1.807, 2.05) is 24.2 Å². The Hall–Kier alpha value is -4.23. The predicted molar refractivity (Wildman–Crippen MR) is 183 cm³/mol. The molecule has 1 saturated heterocycles. The Morgan fingerprint density at radius 1 is 0.889 bits per heavy atom. The summed E-state index contributed by atoms with van der Waals surface area (Å²) in [6.45, 7) is 11.2. The predicted octanol–water partition coefficient (Wildman–Crippen LogP) is 8.47. The summed E-state index contributed by atoms with van der Waals surface area (Å²) in [5.74, 6) is 2.46. The van der Waals surface area contributed by atoms with Crippen molar-refractivity contribution in [2.45, 2.75) is 66.0 Å². The highest BCUT2D eigenvalue weighted by atomic mass is 16.2. The maximum atomic E-state index is 13.1. The number of H-pyrrole nitrogens is 2. The van der Waals surface area contributed by atoms with Crippen molar-refractivity contribution in [3.8, 4) is 33.6 Å². The summed E-state index contributed by atoms with van der Waals surface area (Å²) in [4.78, 5) is 33.9. The van der Waals surface area contributed by atoms with E-state index in [0.29, 0.717) is 5.92 Å². The van der Waals surface area contributed by atoms with Crippen LogP contribution in [0.4, 0.5) is 0 Å². The van der Waals surface area contributed by atoms with Crippen molar-refractivity contribution >= 4 is 16.7 Å². The van der Waals surface area contributed by atoms with Gasteiger partial charge in [-0.2, -0.15) is 0 Å². The minimum Gasteiger partial charge on any atom is -0.341 e. The fourth-order valence-electron chi connectivity index (χ4n) is 6.30. The number of hydrogen-bond acceptors (Lipinski definition) is 4. The second-order valence-corrected chi connectivity index (χ2v) is 13.1. The van der Waals surface area contributed by atoms with Crippen LogP contribution < -0.4 is 0 Å². The van der Waals surface area contributed by atoms with Gasteiger partial charge in [0, 0.05) is 18.0 Å². The van der Waals surface area contributed by atoms with Gasteiger partial charge >= 0.3 is 0 Å². The van der Waals surface area contributed by atoms with Gasteiger partial charge in [-0.15, -0.1) is 0 Å². The molecule has 6 rings (SSSR count). The van der Waals surface area contributed by atoms with Crippen LogP contribution >= 0.6 is 0 Å². The molecule has 1 fully saturated rings. The molecule has 1 aliphatic heterocycles. The van der Waals surface area contributed by atoms with E-state index in [1.165, 1.54) is 34.7 Å². The molecule has 1 amide bonds. The maximum absolute atomic E-state index is 13.1. The Morgan fingerprint density at radius 3 is 2.27 bits per heavy atom. The van der Waals surface area contributed by atoms with Crippen LogP contribution in [0.25, 0.3) is 44.4 Å². The van der Waals surface area contributed by atoms with Crippen LogP contribution in [0.15, 0.2) is 73.1 Å². The van der Waals surface area contributed by atoms with Gasteiger partial charge in [-0.1, -0.05) is 82.6 Å². The zero-order valence-corrected chi connectivity index (χ0v) is 27.3. The van der Waals surface area contributed by atoms with Crippen LogP contribution in [0, 0.1) is 11.8 Å². The molecule has 0 saturated carbocycles. The molecule has 7 nitrogen and oxygen atoms in total. The molecule has 3 heterocycles. The number of unbranched alkanes of at least 4 members (excludes halogenated alkanes) is 1. The third-order valence-electron chi connectivity index (χ3n) is 9.46. The van der Waals surface area contributed by atoms with Gasteiger partial charge in [0.1, 0.15) is 11.6 Å². The molecule has 1 aliphatic rings. The second-order valence-electron chi connectivity index (χ2n) is 13.1. The van der Waals surface area contributed by atoms with E-state index in [2.05, 4.69) is 108 Å². The first kappa shape index (κ1) is 30.8. The zero-order chi connectivity index (χ0) is 31.5. The number of nitrogens with zero attached hydrogens (tertiary/aromatic N) is 4. The normalized spacial score (nSPS) is 15.9. The fourth-order valence-corrected chi connectivity index (χ4v) is 6.30. The van der Waals surface area contributed by atoms with Crippen LogP contribution in [0.3, 0.4) is 0 Å². The molecule has 5 aromatic rings. The number of hydrogen-bond donors (Lipinski definition) is 2. The Kier molecular flexibility index (Phi) is 9.17. The van der Waals surface area contributed by atoms with Gasteiger partial charge < -0.3 is 14.9 Å². The average Bonchev–Trinajstić information content (AvgIpc) is 3.84. The van der Waals surface area contributed by atoms with E-state index >= 15 is 0 Å². The lowest BCUT2D eigenvalue weighted by Crippen LogP contribution is -2.36. The van der Waals surface area contributed by atoms with Gasteiger partial charge in [-0.05, 0) is 78.4 Å². The highest BCUT2D eigenvalue weighted by Gasteiger charge is 2.34. The highest BCUT2D eigenvalue weighted by molar-refractivity contribution is 5.90. The number of carbonyl (C=O) groups excluding carboxylic acids is 1. The highest BCUT2D eigenvalue weighted by Crippen LogP contribution is 2.34. The SMILES string of the molecule is CCCCN(C)Cc1ncc(-c2ccc(-c3ccc4cc(-c5cnc(C6CCCN6C(=O)[C@@H](C)C(C)C)[nH]5)ccc4c3)cc2)[nH]1. The molecule has 0 radical (unpaired) electrons. The average molecular weight is 603 g/mol. The van der Waals surface area contributed by atoms with Gasteiger partial charge in [0.15, 0.2) is 0 Å². The van der Waals surface area contributed by atoms with E-state index in [9.17, 15) is 4.79 Å². The van der Waals surface area contributed by atoms with E-state index in [0.717, 1.165) is 66.6 Å². The van der Waals surface area contributed by atoms with Gasteiger partial charge in [0.05, 0.1) is 36.4 Å². The monoisotopic (exact) mass is 602 g/mol. The summed E-state index contributed by atoms with van der Waals surface area (Å²) < 4.78 is 0. The number of aromatic nitrogens is 4. The van der Waals surface area contributed by atoms with E-state index < -0.39 is 0 Å². The minimum absolute atomic E-state index is 0.0142. The molecule has 0 aliphatic carbocycles. The lowest BCUT2D eigenvalue weighted by atomic mass is 9.96. The summed E-state index contributed by atoms with van der Waals surface area (Å²) in [5.41, 5.74) is 6.64. The first-order chi connectivity index (χ1) is 21.8. The minimum atomic E-state index is 0.0142. The number of aromatic amines is 2. The topological polar surface area (TPSA) is 80.9 Å². The van der Waals surface area contributed by atoms with Crippen molar-refractivity contribution in [2.75, 3.05) is 20.1 Å². The van der Waals surface area contributed by atoms with E-state index in [1.54, 1.807) is 0 Å². The number of fused-ring (bicyclic) bond motifs is 1. The Bertz CT molecular complexity index is 1750. The van der Waals surface area contributed by atoms with E-state index in [4.69, 9.17) is 4.98 Å². The fraction of sp³-hybridized carbons (Fsp3) is 0.395. The molecule has 0 bridgehead atoms. The maximum Gasteiger partial charge on any atom is 0.226 e. The first-order valence-electron chi connectivity index (χ1n) is 16.5. The van der Waals surface area contributed by atoms with Crippen molar-refractivity contribution in [2.24, 2.45) is 11.8 Å². The standard InChI is InChI=1S/C38H46N6O/c1-6-7-18-43(5)24-36-39-22-33(41-36)28-12-10-27(11-13-28)29-14-15-31-21-32(17-16-30(31)20-29)34-23-40-37(42-34)35-9-8-19-44(35)38(45)26(4)25(2)3/h10-17,20-23,25-26,35H,6-9,18-19,24H2,1-5H3,(H,39,41)(H,40,42)/t26-,35?/m0/s1. The van der Waals surface area contributed by atoms with Crippen molar-refractivity contribution in [3.63, 3.8) is 0 Å². The largest absolute Gasteiger partial charge is 0.341 e. The summed E-state index contributed by atoms with van der Waals surface area (Å²) in [7, 11) is 2.15. The number of likely N-dealkylation sites (tertiary alicyclic amines) is 1. The van der Waals surface area contributed by atoms with Crippen LogP contribution in [-0.2, 0) is 11.3 Å².